The van der Waals surface area contributed by atoms with E-state index in [9.17, 15) is 9.18 Å². The number of amides is 1. The van der Waals surface area contributed by atoms with Crippen molar-refractivity contribution < 1.29 is 9.18 Å². The van der Waals surface area contributed by atoms with Crippen LogP contribution in [0.15, 0.2) is 22.5 Å². The molecular weight excluding hydrogens is 359 g/mol. The Labute approximate surface area is 146 Å². The van der Waals surface area contributed by atoms with Crippen LogP contribution in [-0.2, 0) is 4.79 Å². The summed E-state index contributed by atoms with van der Waals surface area (Å²) in [5, 5.41) is 15.0. The van der Waals surface area contributed by atoms with Crippen LogP contribution in [0.2, 0.25) is 5.02 Å². The van der Waals surface area contributed by atoms with Gasteiger partial charge in [0.15, 0.2) is 4.34 Å². The lowest BCUT2D eigenvalue weighted by molar-refractivity contribution is -0.115. The van der Waals surface area contributed by atoms with Gasteiger partial charge in [-0.3, -0.25) is 4.79 Å². The molecule has 0 atom stereocenters. The molecule has 0 unspecified atom stereocenters. The fourth-order valence-electron chi connectivity index (χ4n) is 1.76. The molecule has 5 nitrogen and oxygen atoms in total. The van der Waals surface area contributed by atoms with Crippen LogP contribution in [-0.4, -0.2) is 27.9 Å². The van der Waals surface area contributed by atoms with Crippen molar-refractivity contribution in [1.82, 2.24) is 10.2 Å². The van der Waals surface area contributed by atoms with E-state index in [1.807, 2.05) is 0 Å². The zero-order valence-electron chi connectivity index (χ0n) is 12.0. The average Bonchev–Trinajstić information content (AvgIpc) is 3.20. The van der Waals surface area contributed by atoms with Gasteiger partial charge in [-0.2, -0.15) is 0 Å². The van der Waals surface area contributed by atoms with Gasteiger partial charge in [-0.05, 0) is 31.0 Å². The van der Waals surface area contributed by atoms with Gasteiger partial charge < -0.3 is 10.6 Å². The van der Waals surface area contributed by atoms with Gasteiger partial charge in [0.2, 0.25) is 11.0 Å². The summed E-state index contributed by atoms with van der Waals surface area (Å²) in [6.07, 6.45) is 2.63. The molecule has 1 aromatic heterocycles. The van der Waals surface area contributed by atoms with Crippen molar-refractivity contribution in [1.29, 1.82) is 0 Å². The van der Waals surface area contributed by atoms with E-state index in [1.54, 1.807) is 0 Å². The van der Waals surface area contributed by atoms with Crippen LogP contribution >= 0.6 is 34.7 Å². The van der Waals surface area contributed by atoms with Crippen LogP contribution in [0.3, 0.4) is 0 Å². The van der Waals surface area contributed by atoms with Crippen LogP contribution in [0.5, 0.6) is 0 Å². The minimum atomic E-state index is -0.543. The number of nitrogens with zero attached hydrogens (tertiary/aromatic N) is 2. The minimum absolute atomic E-state index is 0.135. The Morgan fingerprint density at radius 3 is 3.00 bits per heavy atom. The molecule has 1 amide bonds. The van der Waals surface area contributed by atoms with Gasteiger partial charge in [0.05, 0.1) is 5.69 Å². The maximum atomic E-state index is 13.6. The molecular formula is C14H14ClFN4OS2. The summed E-state index contributed by atoms with van der Waals surface area (Å²) >= 11 is 8.62. The lowest BCUT2D eigenvalue weighted by Crippen LogP contribution is -2.13. The van der Waals surface area contributed by atoms with Gasteiger partial charge in [0.25, 0.3) is 0 Å². The number of carbonyl (C=O) groups excluding carboxylic acids is 1. The highest BCUT2D eigenvalue weighted by Gasteiger charge is 2.22. The van der Waals surface area contributed by atoms with E-state index in [0.29, 0.717) is 16.8 Å². The van der Waals surface area contributed by atoms with Gasteiger partial charge in [-0.1, -0.05) is 34.7 Å². The number of rotatable bonds is 7. The molecule has 9 heteroatoms. The van der Waals surface area contributed by atoms with Gasteiger partial charge in [0.1, 0.15) is 5.82 Å². The van der Waals surface area contributed by atoms with Crippen molar-refractivity contribution in [3.05, 3.63) is 29.0 Å². The number of halogens is 2. The Morgan fingerprint density at radius 1 is 1.43 bits per heavy atom. The lowest BCUT2D eigenvalue weighted by Gasteiger charge is -2.06. The molecule has 1 aromatic carbocycles. The largest absolute Gasteiger partial charge is 0.357 e. The first-order valence-corrected chi connectivity index (χ1v) is 9.26. The van der Waals surface area contributed by atoms with E-state index in [1.165, 1.54) is 54.1 Å². The Morgan fingerprint density at radius 2 is 2.26 bits per heavy atom. The number of nitrogens with one attached hydrogen (secondary N) is 2. The predicted octanol–water partition coefficient (Wildman–Crippen LogP) is 4.03. The molecule has 1 saturated carbocycles. The Hall–Kier alpha value is -1.38. The van der Waals surface area contributed by atoms with Crippen molar-refractivity contribution in [2.45, 2.75) is 29.6 Å². The van der Waals surface area contributed by atoms with Crippen molar-refractivity contribution in [3.63, 3.8) is 0 Å². The van der Waals surface area contributed by atoms with Crippen molar-refractivity contribution >= 4 is 51.4 Å². The fraction of sp³-hybridized carbons (Fsp3) is 0.357. The van der Waals surface area contributed by atoms with E-state index < -0.39 is 5.82 Å². The highest BCUT2D eigenvalue weighted by molar-refractivity contribution is 8.01. The van der Waals surface area contributed by atoms with E-state index >= 15 is 0 Å². The summed E-state index contributed by atoms with van der Waals surface area (Å²) in [5.41, 5.74) is 0.135. The smallest absolute Gasteiger partial charge is 0.225 e. The highest BCUT2D eigenvalue weighted by atomic mass is 35.5. The zero-order chi connectivity index (χ0) is 16.2. The summed E-state index contributed by atoms with van der Waals surface area (Å²) in [5.74, 6) is -0.239. The van der Waals surface area contributed by atoms with Crippen LogP contribution in [0.1, 0.15) is 19.3 Å². The molecule has 0 spiro atoms. The third kappa shape index (κ3) is 5.05. The van der Waals surface area contributed by atoms with Gasteiger partial charge in [-0.15, -0.1) is 10.2 Å². The molecule has 1 aliphatic carbocycles. The maximum absolute atomic E-state index is 13.6. The maximum Gasteiger partial charge on any atom is 0.225 e. The summed E-state index contributed by atoms with van der Waals surface area (Å²) in [7, 11) is 0. The Balaban J connectivity index is 1.42. The second kappa shape index (κ2) is 7.46. The lowest BCUT2D eigenvalue weighted by atomic mass is 10.3. The van der Waals surface area contributed by atoms with Crippen molar-refractivity contribution in [2.24, 2.45) is 0 Å². The number of thioether (sulfide) groups is 1. The quantitative estimate of drug-likeness (QED) is 0.718. The Kier molecular flexibility index (Phi) is 5.34. The normalized spacial score (nSPS) is 13.8. The molecule has 0 saturated heterocycles. The summed E-state index contributed by atoms with van der Waals surface area (Å²) in [4.78, 5) is 11.8. The number of aromatic nitrogens is 2. The SMILES string of the molecule is O=C(CCSc1nnc(NC2CC2)s1)Nc1ccc(Cl)cc1F. The van der Waals surface area contributed by atoms with Crippen molar-refractivity contribution in [3.8, 4) is 0 Å². The van der Waals surface area contributed by atoms with E-state index in [0.717, 1.165) is 9.47 Å². The molecule has 1 aliphatic rings. The standard InChI is InChI=1S/C14H14ClFN4OS2/c15-8-1-4-11(10(16)7-8)18-12(21)5-6-22-14-20-19-13(23-14)17-9-2-3-9/h1,4,7,9H,2-3,5-6H2,(H,17,19)(H,18,21). The van der Waals surface area contributed by atoms with Crippen LogP contribution < -0.4 is 10.6 Å². The fourth-order valence-corrected chi connectivity index (χ4v) is 3.76. The monoisotopic (exact) mass is 372 g/mol. The third-order valence-electron chi connectivity index (χ3n) is 3.07. The second-order valence-electron chi connectivity index (χ2n) is 5.06. The first kappa shape index (κ1) is 16.5. The van der Waals surface area contributed by atoms with E-state index in [2.05, 4.69) is 20.8 Å². The topological polar surface area (TPSA) is 66.9 Å². The van der Waals surface area contributed by atoms with Crippen LogP contribution in [0.25, 0.3) is 0 Å². The molecule has 0 bridgehead atoms. The number of benzene rings is 1. The molecule has 122 valence electrons. The van der Waals surface area contributed by atoms with Crippen LogP contribution in [0, 0.1) is 5.82 Å². The molecule has 1 fully saturated rings. The van der Waals surface area contributed by atoms with E-state index in [4.69, 9.17) is 11.6 Å². The summed E-state index contributed by atoms with van der Waals surface area (Å²) in [6, 6.07) is 4.69. The van der Waals surface area contributed by atoms with Crippen molar-refractivity contribution in [2.75, 3.05) is 16.4 Å². The number of hydrogen-bond acceptors (Lipinski definition) is 6. The molecule has 0 radical (unpaired) electrons. The van der Waals surface area contributed by atoms with Gasteiger partial charge in [-0.25, -0.2) is 4.39 Å². The number of anilines is 2. The number of carbonyl (C=O) groups is 1. The summed E-state index contributed by atoms with van der Waals surface area (Å²) < 4.78 is 14.4. The number of hydrogen-bond donors (Lipinski definition) is 2. The van der Waals surface area contributed by atoms with E-state index in [-0.39, 0.29) is 18.0 Å². The summed E-state index contributed by atoms with van der Waals surface area (Å²) in [6.45, 7) is 0. The molecule has 3 rings (SSSR count). The second-order valence-corrected chi connectivity index (χ2v) is 7.82. The predicted molar refractivity (Wildman–Crippen MR) is 91.9 cm³/mol. The Bertz CT molecular complexity index is 708. The first-order chi connectivity index (χ1) is 11.1. The average molecular weight is 373 g/mol. The third-order valence-corrected chi connectivity index (χ3v) is 5.30. The highest BCUT2D eigenvalue weighted by Crippen LogP contribution is 2.30. The minimum Gasteiger partial charge on any atom is -0.357 e. The van der Waals surface area contributed by atoms with Gasteiger partial charge >= 0.3 is 0 Å². The molecule has 2 aromatic rings. The first-order valence-electron chi connectivity index (χ1n) is 7.08. The molecule has 1 heterocycles. The molecule has 23 heavy (non-hydrogen) atoms. The molecule has 2 N–H and O–H groups in total. The molecule has 0 aliphatic heterocycles. The van der Waals surface area contributed by atoms with Gasteiger partial charge in [0, 0.05) is 23.2 Å². The zero-order valence-corrected chi connectivity index (χ0v) is 14.4. The van der Waals surface area contributed by atoms with Crippen LogP contribution in [0.4, 0.5) is 15.2 Å².